The highest BCUT2D eigenvalue weighted by Gasteiger charge is 2.02. The Morgan fingerprint density at radius 3 is 2.73 bits per heavy atom. The number of hydrogen-bond donors (Lipinski definition) is 3. The van der Waals surface area contributed by atoms with Crippen LogP contribution in [0.4, 0.5) is 0 Å². The number of unbranched alkanes of at least 4 members (excludes halogenated alkanes) is 1. The molecule has 0 aliphatic carbocycles. The van der Waals surface area contributed by atoms with Crippen LogP contribution in [0.3, 0.4) is 0 Å². The Bertz CT molecular complexity index is 852. The van der Waals surface area contributed by atoms with Crippen molar-refractivity contribution in [1.29, 1.82) is 0 Å². The largest absolute Gasteiger partial charge is 0.494 e. The maximum Gasteiger partial charge on any atom is 0.267 e. The molecule has 6 heteroatoms. The molecule has 0 saturated carbocycles. The van der Waals surface area contributed by atoms with E-state index in [0.717, 1.165) is 47.4 Å². The van der Waals surface area contributed by atoms with Gasteiger partial charge in [0.05, 0.1) is 17.6 Å². The SMILES string of the molecule is O=C(C=Cc1ccc(OCCCCc2nc3ccccc3[nH]2)cc1)NO. The highest BCUT2D eigenvalue weighted by atomic mass is 16.5. The lowest BCUT2D eigenvalue weighted by atomic mass is 10.2. The number of ether oxygens (including phenoxy) is 1. The van der Waals surface area contributed by atoms with Crippen LogP contribution in [0.25, 0.3) is 17.1 Å². The van der Waals surface area contributed by atoms with Crippen LogP contribution >= 0.6 is 0 Å². The second-order valence-corrected chi connectivity index (χ2v) is 5.88. The van der Waals surface area contributed by atoms with Crippen LogP contribution in [0.1, 0.15) is 24.2 Å². The Morgan fingerprint density at radius 1 is 1.15 bits per heavy atom. The topological polar surface area (TPSA) is 87.2 Å². The third-order valence-electron chi connectivity index (χ3n) is 3.93. The number of fused-ring (bicyclic) bond motifs is 1. The third kappa shape index (κ3) is 4.94. The van der Waals surface area contributed by atoms with Gasteiger partial charge in [-0.25, -0.2) is 10.5 Å². The molecule has 0 unspecified atom stereocenters. The van der Waals surface area contributed by atoms with E-state index >= 15 is 0 Å². The van der Waals surface area contributed by atoms with Crippen LogP contribution < -0.4 is 10.2 Å². The molecule has 0 saturated heterocycles. The highest BCUT2D eigenvalue weighted by Crippen LogP contribution is 2.15. The van der Waals surface area contributed by atoms with Crippen molar-refractivity contribution >= 4 is 23.0 Å². The number of benzene rings is 2. The Labute approximate surface area is 151 Å². The molecule has 0 aliphatic heterocycles. The predicted octanol–water partition coefficient (Wildman–Crippen LogP) is 3.48. The van der Waals surface area contributed by atoms with Gasteiger partial charge < -0.3 is 9.72 Å². The van der Waals surface area contributed by atoms with Gasteiger partial charge in [0.2, 0.25) is 0 Å². The van der Waals surface area contributed by atoms with E-state index in [2.05, 4.69) is 9.97 Å². The minimum absolute atomic E-state index is 0.560. The quantitative estimate of drug-likeness (QED) is 0.251. The molecule has 0 fully saturated rings. The van der Waals surface area contributed by atoms with Gasteiger partial charge in [-0.05, 0) is 48.7 Å². The molecule has 3 rings (SSSR count). The minimum atomic E-state index is -0.560. The fourth-order valence-electron chi connectivity index (χ4n) is 2.59. The molecule has 6 nitrogen and oxygen atoms in total. The number of rotatable bonds is 8. The van der Waals surface area contributed by atoms with Crippen LogP contribution in [-0.4, -0.2) is 27.7 Å². The van der Waals surface area contributed by atoms with E-state index in [4.69, 9.17) is 9.94 Å². The van der Waals surface area contributed by atoms with Crippen molar-refractivity contribution in [2.24, 2.45) is 0 Å². The highest BCUT2D eigenvalue weighted by molar-refractivity contribution is 5.90. The van der Waals surface area contributed by atoms with Crippen LogP contribution in [0.2, 0.25) is 0 Å². The molecular formula is C20H21N3O3. The minimum Gasteiger partial charge on any atom is -0.494 e. The molecule has 0 aliphatic rings. The molecule has 2 aromatic carbocycles. The first kappa shape index (κ1) is 17.7. The van der Waals surface area contributed by atoms with Crippen molar-refractivity contribution in [1.82, 2.24) is 15.4 Å². The van der Waals surface area contributed by atoms with Gasteiger partial charge in [-0.2, -0.15) is 0 Å². The Balaban J connectivity index is 1.39. The van der Waals surface area contributed by atoms with Crippen LogP contribution in [0.5, 0.6) is 5.75 Å². The van der Waals surface area contributed by atoms with Gasteiger partial charge in [-0.15, -0.1) is 0 Å². The molecule has 1 amide bonds. The summed E-state index contributed by atoms with van der Waals surface area (Å²) in [6.07, 6.45) is 5.71. The van der Waals surface area contributed by atoms with E-state index in [9.17, 15) is 4.79 Å². The van der Waals surface area contributed by atoms with E-state index < -0.39 is 5.91 Å². The number of imidazole rings is 1. The number of aromatic amines is 1. The second kappa shape index (κ2) is 8.82. The van der Waals surface area contributed by atoms with Crippen molar-refractivity contribution in [2.45, 2.75) is 19.3 Å². The van der Waals surface area contributed by atoms with Crippen LogP contribution in [-0.2, 0) is 11.2 Å². The number of para-hydroxylation sites is 2. The summed E-state index contributed by atoms with van der Waals surface area (Å²) in [6.45, 7) is 0.641. The number of carbonyl (C=O) groups excluding carboxylic acids is 1. The summed E-state index contributed by atoms with van der Waals surface area (Å²) in [4.78, 5) is 18.8. The van der Waals surface area contributed by atoms with Gasteiger partial charge in [0.15, 0.2) is 0 Å². The average molecular weight is 351 g/mol. The number of H-pyrrole nitrogens is 1. The van der Waals surface area contributed by atoms with Gasteiger partial charge in [0, 0.05) is 12.5 Å². The molecule has 0 spiro atoms. The molecule has 0 atom stereocenters. The first-order valence-electron chi connectivity index (χ1n) is 8.53. The summed E-state index contributed by atoms with van der Waals surface area (Å²) in [5.41, 5.74) is 4.48. The summed E-state index contributed by atoms with van der Waals surface area (Å²) < 4.78 is 5.73. The van der Waals surface area contributed by atoms with Crippen molar-refractivity contribution < 1.29 is 14.7 Å². The molecule has 26 heavy (non-hydrogen) atoms. The smallest absolute Gasteiger partial charge is 0.267 e. The lowest BCUT2D eigenvalue weighted by Gasteiger charge is -2.06. The van der Waals surface area contributed by atoms with Gasteiger partial charge >= 0.3 is 0 Å². The fraction of sp³-hybridized carbons (Fsp3) is 0.200. The number of nitrogens with one attached hydrogen (secondary N) is 2. The normalized spacial score (nSPS) is 11.1. The zero-order valence-corrected chi connectivity index (χ0v) is 14.3. The lowest BCUT2D eigenvalue weighted by Crippen LogP contribution is -2.14. The Hall–Kier alpha value is -3.12. The van der Waals surface area contributed by atoms with E-state index in [1.54, 1.807) is 11.6 Å². The van der Waals surface area contributed by atoms with E-state index in [1.165, 1.54) is 6.08 Å². The number of aryl methyl sites for hydroxylation is 1. The molecule has 0 bridgehead atoms. The van der Waals surface area contributed by atoms with Crippen molar-refractivity contribution in [3.63, 3.8) is 0 Å². The summed E-state index contributed by atoms with van der Waals surface area (Å²) in [5.74, 6) is 1.24. The molecule has 1 heterocycles. The maximum atomic E-state index is 10.9. The van der Waals surface area contributed by atoms with E-state index in [1.807, 2.05) is 48.5 Å². The molecular weight excluding hydrogens is 330 g/mol. The number of amides is 1. The monoisotopic (exact) mass is 351 g/mol. The van der Waals surface area contributed by atoms with Crippen LogP contribution in [0.15, 0.2) is 54.6 Å². The molecule has 1 aromatic heterocycles. The zero-order chi connectivity index (χ0) is 18.2. The van der Waals surface area contributed by atoms with Gasteiger partial charge in [0.1, 0.15) is 11.6 Å². The van der Waals surface area contributed by atoms with E-state index in [0.29, 0.717) is 6.61 Å². The lowest BCUT2D eigenvalue weighted by molar-refractivity contribution is -0.124. The maximum absolute atomic E-state index is 10.9. The number of hydrogen-bond acceptors (Lipinski definition) is 4. The van der Waals surface area contributed by atoms with E-state index in [-0.39, 0.29) is 0 Å². The zero-order valence-electron chi connectivity index (χ0n) is 14.3. The summed E-state index contributed by atoms with van der Waals surface area (Å²) >= 11 is 0. The standard InChI is InChI=1S/C20H21N3O3/c24-20(23-25)13-10-15-8-11-16(12-9-15)26-14-4-3-7-19-21-17-5-1-2-6-18(17)22-19/h1-2,5-6,8-13,25H,3-4,7,14H2,(H,21,22)(H,23,24). The first-order chi connectivity index (χ1) is 12.7. The predicted molar refractivity (Wildman–Crippen MR) is 99.9 cm³/mol. The number of hydroxylamine groups is 1. The average Bonchev–Trinajstić information content (AvgIpc) is 3.09. The van der Waals surface area contributed by atoms with Crippen molar-refractivity contribution in [3.8, 4) is 5.75 Å². The van der Waals surface area contributed by atoms with Gasteiger partial charge in [-0.1, -0.05) is 24.3 Å². The van der Waals surface area contributed by atoms with Crippen LogP contribution in [0, 0.1) is 0 Å². The van der Waals surface area contributed by atoms with Crippen molar-refractivity contribution in [2.75, 3.05) is 6.61 Å². The Morgan fingerprint density at radius 2 is 1.96 bits per heavy atom. The molecule has 3 N–H and O–H groups in total. The number of aromatic nitrogens is 2. The molecule has 3 aromatic rings. The summed E-state index contributed by atoms with van der Waals surface area (Å²) in [5, 5.41) is 8.43. The summed E-state index contributed by atoms with van der Waals surface area (Å²) in [7, 11) is 0. The fourth-order valence-corrected chi connectivity index (χ4v) is 2.59. The molecule has 134 valence electrons. The molecule has 0 radical (unpaired) electrons. The third-order valence-corrected chi connectivity index (χ3v) is 3.93. The Kier molecular flexibility index (Phi) is 6.01. The van der Waals surface area contributed by atoms with Gasteiger partial charge in [-0.3, -0.25) is 10.0 Å². The van der Waals surface area contributed by atoms with Crippen molar-refractivity contribution in [3.05, 3.63) is 66.0 Å². The summed E-state index contributed by atoms with van der Waals surface area (Å²) in [6, 6.07) is 15.4. The van der Waals surface area contributed by atoms with Gasteiger partial charge in [0.25, 0.3) is 5.91 Å². The number of nitrogens with zero attached hydrogens (tertiary/aromatic N) is 1. The first-order valence-corrected chi connectivity index (χ1v) is 8.53. The number of carbonyl (C=O) groups is 1. The second-order valence-electron chi connectivity index (χ2n) is 5.88.